The van der Waals surface area contributed by atoms with Gasteiger partial charge in [0.15, 0.2) is 5.17 Å². The zero-order valence-electron chi connectivity index (χ0n) is 13.2. The van der Waals surface area contributed by atoms with E-state index >= 15 is 0 Å². The van der Waals surface area contributed by atoms with Crippen LogP contribution in [0.15, 0.2) is 40.5 Å². The number of methoxy groups -OCH3 is 1. The highest BCUT2D eigenvalue weighted by molar-refractivity contribution is 8.15. The Morgan fingerprint density at radius 2 is 2.12 bits per heavy atom. The van der Waals surface area contributed by atoms with Gasteiger partial charge < -0.3 is 15.2 Å². The summed E-state index contributed by atoms with van der Waals surface area (Å²) in [6, 6.07) is 7.55. The quantitative estimate of drug-likeness (QED) is 0.606. The molecule has 0 aliphatic carbocycles. The van der Waals surface area contributed by atoms with E-state index in [2.05, 4.69) is 15.5 Å². The van der Waals surface area contributed by atoms with Crippen LogP contribution in [0.5, 0.6) is 5.75 Å². The Labute approximate surface area is 143 Å². The zero-order chi connectivity index (χ0) is 17.5. The van der Waals surface area contributed by atoms with Crippen molar-refractivity contribution in [3.63, 3.8) is 0 Å². The van der Waals surface area contributed by atoms with Crippen molar-refractivity contribution in [2.75, 3.05) is 7.11 Å². The Balaban J connectivity index is 1.96. The molecule has 1 aromatic rings. The average Bonchev–Trinajstić information content (AvgIpc) is 2.90. The van der Waals surface area contributed by atoms with Crippen molar-refractivity contribution in [3.05, 3.63) is 35.9 Å². The largest absolute Gasteiger partial charge is 0.497 e. The number of benzene rings is 1. The molecule has 0 radical (unpaired) electrons. The normalized spacial score (nSPS) is 19.8. The maximum absolute atomic E-state index is 11.6. The summed E-state index contributed by atoms with van der Waals surface area (Å²) in [6.45, 7) is 1.78. The van der Waals surface area contributed by atoms with Crippen LogP contribution in [-0.4, -0.2) is 40.2 Å². The third-order valence-electron chi connectivity index (χ3n) is 3.07. The molecule has 0 bridgehead atoms. The molecule has 1 unspecified atom stereocenters. The average molecular weight is 347 g/mol. The number of hydrogen-bond acceptors (Lipinski definition) is 6. The molecule has 8 heteroatoms. The minimum Gasteiger partial charge on any atom is -0.497 e. The van der Waals surface area contributed by atoms with E-state index in [0.29, 0.717) is 10.9 Å². The zero-order valence-corrected chi connectivity index (χ0v) is 14.0. The highest BCUT2D eigenvalue weighted by Gasteiger charge is 2.32. The maximum atomic E-state index is 11.6. The van der Waals surface area contributed by atoms with Gasteiger partial charge in [-0.25, -0.2) is 0 Å². The molecule has 7 nitrogen and oxygen atoms in total. The number of rotatable bonds is 6. The van der Waals surface area contributed by atoms with E-state index in [1.807, 2.05) is 30.3 Å². The molecular weight excluding hydrogens is 330 g/mol. The summed E-state index contributed by atoms with van der Waals surface area (Å²) in [5.74, 6) is -0.595. The number of carboxylic acids is 1. The Morgan fingerprint density at radius 3 is 2.75 bits per heavy atom. The Hall–Kier alpha value is -2.61. The number of allylic oxidation sites excluding steroid dienone is 1. The predicted octanol–water partition coefficient (Wildman–Crippen LogP) is 2.15. The van der Waals surface area contributed by atoms with Crippen LogP contribution in [0.25, 0.3) is 6.08 Å². The van der Waals surface area contributed by atoms with Gasteiger partial charge in [0.05, 0.1) is 19.2 Å². The van der Waals surface area contributed by atoms with Gasteiger partial charge in [-0.15, -0.1) is 5.10 Å². The van der Waals surface area contributed by atoms with Crippen LogP contribution in [0.4, 0.5) is 0 Å². The highest BCUT2D eigenvalue weighted by atomic mass is 32.2. The van der Waals surface area contributed by atoms with Crippen molar-refractivity contribution >= 4 is 40.6 Å². The number of hydrogen-bond donors (Lipinski definition) is 2. The Kier molecular flexibility index (Phi) is 6.14. The summed E-state index contributed by atoms with van der Waals surface area (Å²) in [4.78, 5) is 22.2. The summed E-state index contributed by atoms with van der Waals surface area (Å²) in [5.41, 5.74) is 1.64. The number of carbonyl (C=O) groups is 2. The number of ether oxygens (including phenoxy) is 1. The van der Waals surface area contributed by atoms with E-state index in [4.69, 9.17) is 9.84 Å². The maximum Gasteiger partial charge on any atom is 0.305 e. The van der Waals surface area contributed by atoms with Crippen molar-refractivity contribution < 1.29 is 19.4 Å². The Bertz CT molecular complexity index is 711. The van der Waals surface area contributed by atoms with E-state index in [9.17, 15) is 9.59 Å². The smallest absolute Gasteiger partial charge is 0.305 e. The third-order valence-corrected chi connectivity index (χ3v) is 4.14. The van der Waals surface area contributed by atoms with Crippen molar-refractivity contribution in [1.29, 1.82) is 0 Å². The molecule has 2 N–H and O–H groups in total. The monoisotopic (exact) mass is 347 g/mol. The first-order valence-electron chi connectivity index (χ1n) is 7.11. The second-order valence-electron chi connectivity index (χ2n) is 4.95. The van der Waals surface area contributed by atoms with Crippen LogP contribution in [0.1, 0.15) is 18.9 Å². The van der Waals surface area contributed by atoms with Gasteiger partial charge >= 0.3 is 5.97 Å². The number of thioether (sulfide) groups is 1. The van der Waals surface area contributed by atoms with Crippen molar-refractivity contribution in [2.45, 2.75) is 18.6 Å². The molecule has 1 saturated heterocycles. The first-order chi connectivity index (χ1) is 11.5. The second kappa shape index (κ2) is 8.30. The molecule has 0 saturated carbocycles. The molecule has 1 heterocycles. The number of aliphatic carboxylic acids is 1. The van der Waals surface area contributed by atoms with Gasteiger partial charge in [0.2, 0.25) is 5.91 Å². The number of carbonyl (C=O) groups excluding carboxylic acids is 1. The first-order valence-corrected chi connectivity index (χ1v) is 7.99. The fourth-order valence-electron chi connectivity index (χ4n) is 1.83. The van der Waals surface area contributed by atoms with Crippen molar-refractivity contribution in [1.82, 2.24) is 5.32 Å². The lowest BCUT2D eigenvalue weighted by Crippen LogP contribution is -2.26. The lowest BCUT2D eigenvalue weighted by molar-refractivity contribution is -0.138. The van der Waals surface area contributed by atoms with E-state index in [-0.39, 0.29) is 12.3 Å². The third kappa shape index (κ3) is 5.24. The number of carboxylic acid groups (broad SMARTS) is 1. The molecule has 0 aromatic heterocycles. The number of amidine groups is 1. The fourth-order valence-corrected chi connectivity index (χ4v) is 2.74. The molecule has 24 heavy (non-hydrogen) atoms. The fraction of sp³-hybridized carbons (Fsp3) is 0.250. The van der Waals surface area contributed by atoms with Gasteiger partial charge in [-0.05, 0) is 30.7 Å². The molecule has 2 rings (SSSR count). The van der Waals surface area contributed by atoms with Crippen LogP contribution in [0, 0.1) is 0 Å². The van der Waals surface area contributed by atoms with Crippen LogP contribution >= 0.6 is 11.8 Å². The topological polar surface area (TPSA) is 100 Å². The van der Waals surface area contributed by atoms with E-state index < -0.39 is 11.2 Å². The molecule has 1 aliphatic rings. The molecule has 1 amide bonds. The highest BCUT2D eigenvalue weighted by Crippen LogP contribution is 2.22. The summed E-state index contributed by atoms with van der Waals surface area (Å²) >= 11 is 1.07. The lowest BCUT2D eigenvalue weighted by Gasteiger charge is -1.99. The lowest BCUT2D eigenvalue weighted by atomic mass is 10.2. The summed E-state index contributed by atoms with van der Waals surface area (Å²) in [7, 11) is 1.61. The predicted molar refractivity (Wildman–Crippen MR) is 94.3 cm³/mol. The first kappa shape index (κ1) is 17.7. The minimum atomic E-state index is -1.02. The van der Waals surface area contributed by atoms with Gasteiger partial charge in [0.1, 0.15) is 11.0 Å². The van der Waals surface area contributed by atoms with E-state index in [1.54, 1.807) is 20.1 Å². The van der Waals surface area contributed by atoms with Crippen LogP contribution in [-0.2, 0) is 9.59 Å². The van der Waals surface area contributed by atoms with Gasteiger partial charge in [-0.2, -0.15) is 5.10 Å². The van der Waals surface area contributed by atoms with Crippen LogP contribution in [0.2, 0.25) is 0 Å². The number of amides is 1. The van der Waals surface area contributed by atoms with Crippen molar-refractivity contribution in [3.8, 4) is 5.75 Å². The van der Waals surface area contributed by atoms with Crippen molar-refractivity contribution in [2.24, 2.45) is 10.2 Å². The van der Waals surface area contributed by atoms with E-state index in [0.717, 1.165) is 23.1 Å². The van der Waals surface area contributed by atoms with Crippen LogP contribution in [0.3, 0.4) is 0 Å². The van der Waals surface area contributed by atoms with Gasteiger partial charge in [0.25, 0.3) is 0 Å². The molecule has 0 spiro atoms. The standard InChI is InChI=1S/C16H17N3O4S/c1-10(3-4-11-5-7-12(23-2)8-6-11)18-19-16-17-15(22)13(24-16)9-14(20)21/h3-8,13H,9H2,1-2H3,(H,20,21)(H,17,19,22)/b4-3+,18-10-. The summed E-state index contributed by atoms with van der Waals surface area (Å²) < 4.78 is 5.09. The second-order valence-corrected chi connectivity index (χ2v) is 6.14. The summed E-state index contributed by atoms with van der Waals surface area (Å²) in [5, 5.41) is 18.8. The summed E-state index contributed by atoms with van der Waals surface area (Å²) in [6.07, 6.45) is 3.43. The molecule has 1 fully saturated rings. The Morgan fingerprint density at radius 1 is 1.42 bits per heavy atom. The number of nitrogens with one attached hydrogen (secondary N) is 1. The van der Waals surface area contributed by atoms with Gasteiger partial charge in [-0.3, -0.25) is 9.59 Å². The molecule has 1 aromatic carbocycles. The SMILES string of the molecule is COc1ccc(/C=C/C(C)=N\N=C2/NC(=O)C(CC(=O)O)S2)cc1. The minimum absolute atomic E-state index is 0.240. The molecule has 126 valence electrons. The molecule has 1 atom stereocenters. The van der Waals surface area contributed by atoms with E-state index in [1.165, 1.54) is 0 Å². The molecular formula is C16H17N3O4S. The van der Waals surface area contributed by atoms with Gasteiger partial charge in [-0.1, -0.05) is 30.0 Å². The van der Waals surface area contributed by atoms with Crippen LogP contribution < -0.4 is 10.1 Å². The molecule has 1 aliphatic heterocycles. The number of nitrogens with zero attached hydrogens (tertiary/aromatic N) is 2. The van der Waals surface area contributed by atoms with Gasteiger partial charge in [0, 0.05) is 0 Å².